The Balaban J connectivity index is 0.00000560. The third-order valence-corrected chi connectivity index (χ3v) is 6.40. The Morgan fingerprint density at radius 2 is 1.85 bits per heavy atom. The number of nitrogens with one attached hydrogen (secondary N) is 1. The minimum atomic E-state index is -4.93. The average Bonchev–Trinajstić information content (AvgIpc) is 3.29. The number of ether oxygens (including phenoxy) is 1. The number of hydrogen-bond donors (Lipinski definition) is 1. The summed E-state index contributed by atoms with van der Waals surface area (Å²) >= 11 is 0. The van der Waals surface area contributed by atoms with Gasteiger partial charge in [0.05, 0.1) is 24.1 Å². The van der Waals surface area contributed by atoms with Crippen LogP contribution in [0.5, 0.6) is 5.75 Å². The number of benzene rings is 1. The van der Waals surface area contributed by atoms with Gasteiger partial charge in [-0.1, -0.05) is 13.8 Å². The van der Waals surface area contributed by atoms with Crippen LogP contribution in [0.15, 0.2) is 35.3 Å². The predicted octanol–water partition coefficient (Wildman–Crippen LogP) is 5.68. The molecule has 3 rings (SSSR count). The smallest absolute Gasteiger partial charge is 0.419 e. The van der Waals surface area contributed by atoms with Crippen LogP contribution in [0.25, 0.3) is 16.8 Å². The second-order valence-electron chi connectivity index (χ2n) is 9.81. The summed E-state index contributed by atoms with van der Waals surface area (Å²) in [5.41, 5.74) is -1.38. The first-order chi connectivity index (χ1) is 18.4. The molecule has 0 aliphatic carbocycles. The average molecular weight is 589 g/mol. The standard InChI is InChI=1S/C28H36F4N4O3.ClH/c1-6-11-34(7-2)12-8-13-39-21-15-24-27(38)36(17-25(37)33-18(3)4)26(19(5)35(24)16-21)20-9-10-23(29)22(14-20)28(30,31)32;/h9-10,14-16,18H,6-8,11-13,17H2,1-5H3,(H,33,37);1H. The largest absolute Gasteiger partial charge is 0.492 e. The van der Waals surface area contributed by atoms with Crippen LogP contribution < -0.4 is 15.6 Å². The Kier molecular flexibility index (Phi) is 11.6. The van der Waals surface area contributed by atoms with Gasteiger partial charge in [-0.2, -0.15) is 13.2 Å². The van der Waals surface area contributed by atoms with E-state index in [1.165, 1.54) is 10.5 Å². The number of halogens is 5. The quantitative estimate of drug-likeness (QED) is 0.218. The number of carbonyl (C=O) groups is 1. The van der Waals surface area contributed by atoms with E-state index in [1.54, 1.807) is 33.0 Å². The number of alkyl halides is 3. The Morgan fingerprint density at radius 3 is 2.45 bits per heavy atom. The molecule has 0 saturated heterocycles. The third-order valence-electron chi connectivity index (χ3n) is 6.40. The maximum absolute atomic E-state index is 14.1. The molecule has 0 spiro atoms. The molecule has 1 aromatic carbocycles. The van der Waals surface area contributed by atoms with Crippen molar-refractivity contribution in [1.29, 1.82) is 0 Å². The first-order valence-corrected chi connectivity index (χ1v) is 13.1. The predicted molar refractivity (Wildman–Crippen MR) is 150 cm³/mol. The third kappa shape index (κ3) is 7.78. The van der Waals surface area contributed by atoms with Crippen LogP contribution in [0.2, 0.25) is 0 Å². The van der Waals surface area contributed by atoms with Crippen molar-refractivity contribution in [3.05, 3.63) is 57.9 Å². The maximum Gasteiger partial charge on any atom is 0.419 e. The van der Waals surface area contributed by atoms with Crippen LogP contribution in [-0.4, -0.2) is 52.1 Å². The fourth-order valence-corrected chi connectivity index (χ4v) is 4.65. The molecule has 1 N–H and O–H groups in total. The summed E-state index contributed by atoms with van der Waals surface area (Å²) in [6.07, 6.45) is -1.50. The molecule has 0 aliphatic rings. The van der Waals surface area contributed by atoms with E-state index in [9.17, 15) is 27.2 Å². The summed E-state index contributed by atoms with van der Waals surface area (Å²) in [5, 5.41) is 2.70. The van der Waals surface area contributed by atoms with Crippen molar-refractivity contribution in [2.45, 2.75) is 66.2 Å². The number of aryl methyl sites for hydroxylation is 1. The molecule has 222 valence electrons. The van der Waals surface area contributed by atoms with E-state index in [-0.39, 0.29) is 35.2 Å². The monoisotopic (exact) mass is 588 g/mol. The second kappa shape index (κ2) is 14.0. The molecule has 12 heteroatoms. The fraction of sp³-hybridized carbons (Fsp3) is 0.500. The summed E-state index contributed by atoms with van der Waals surface area (Å²) in [7, 11) is 0. The Labute approximate surface area is 237 Å². The van der Waals surface area contributed by atoms with Crippen molar-refractivity contribution in [1.82, 2.24) is 19.2 Å². The van der Waals surface area contributed by atoms with Gasteiger partial charge in [0.2, 0.25) is 5.91 Å². The number of amides is 1. The van der Waals surface area contributed by atoms with Gasteiger partial charge in [0.25, 0.3) is 5.56 Å². The van der Waals surface area contributed by atoms with Gasteiger partial charge in [-0.15, -0.1) is 12.4 Å². The molecule has 7 nitrogen and oxygen atoms in total. The zero-order chi connectivity index (χ0) is 28.9. The highest BCUT2D eigenvalue weighted by molar-refractivity contribution is 5.85. The highest BCUT2D eigenvalue weighted by Crippen LogP contribution is 2.35. The number of hydrogen-bond acceptors (Lipinski definition) is 4. The summed E-state index contributed by atoms with van der Waals surface area (Å²) in [6, 6.07) is 3.90. The van der Waals surface area contributed by atoms with E-state index in [0.29, 0.717) is 30.2 Å². The zero-order valence-electron chi connectivity index (χ0n) is 23.4. The lowest BCUT2D eigenvalue weighted by Gasteiger charge is -2.19. The van der Waals surface area contributed by atoms with Crippen molar-refractivity contribution in [2.75, 3.05) is 26.2 Å². The van der Waals surface area contributed by atoms with Crippen molar-refractivity contribution in [3.8, 4) is 17.0 Å². The normalized spacial score (nSPS) is 11.8. The number of fused-ring (bicyclic) bond motifs is 1. The molecule has 40 heavy (non-hydrogen) atoms. The van der Waals surface area contributed by atoms with E-state index < -0.39 is 35.6 Å². The fourth-order valence-electron chi connectivity index (χ4n) is 4.65. The summed E-state index contributed by atoms with van der Waals surface area (Å²) in [5.74, 6) is -1.47. The first kappa shape index (κ1) is 33.2. The van der Waals surface area contributed by atoms with Gasteiger partial charge in [0, 0.05) is 29.9 Å². The van der Waals surface area contributed by atoms with Crippen LogP contribution in [-0.2, 0) is 17.5 Å². The number of nitrogens with zero attached hydrogens (tertiary/aromatic N) is 3. The van der Waals surface area contributed by atoms with Gasteiger partial charge in [-0.05, 0) is 64.9 Å². The molecule has 0 bridgehead atoms. The zero-order valence-corrected chi connectivity index (χ0v) is 24.2. The molecule has 0 saturated carbocycles. The van der Waals surface area contributed by atoms with Crippen molar-refractivity contribution >= 4 is 23.8 Å². The van der Waals surface area contributed by atoms with Crippen LogP contribution in [0, 0.1) is 12.7 Å². The topological polar surface area (TPSA) is 68.0 Å². The Hall–Kier alpha value is -3.05. The highest BCUT2D eigenvalue weighted by Gasteiger charge is 2.35. The van der Waals surface area contributed by atoms with E-state index in [0.717, 1.165) is 37.0 Å². The van der Waals surface area contributed by atoms with Gasteiger partial charge in [0.15, 0.2) is 0 Å². The Morgan fingerprint density at radius 1 is 1.15 bits per heavy atom. The van der Waals surface area contributed by atoms with Gasteiger partial charge >= 0.3 is 6.18 Å². The number of rotatable bonds is 12. The molecule has 2 heterocycles. The number of aromatic nitrogens is 2. The molecular weight excluding hydrogens is 552 g/mol. The molecule has 2 aromatic heterocycles. The van der Waals surface area contributed by atoms with Crippen LogP contribution >= 0.6 is 12.4 Å². The van der Waals surface area contributed by atoms with E-state index >= 15 is 0 Å². The second-order valence-corrected chi connectivity index (χ2v) is 9.81. The van der Waals surface area contributed by atoms with Crippen molar-refractivity contribution in [3.63, 3.8) is 0 Å². The molecule has 0 atom stereocenters. The van der Waals surface area contributed by atoms with Crippen LogP contribution in [0.3, 0.4) is 0 Å². The summed E-state index contributed by atoms with van der Waals surface area (Å²) < 4.78 is 63.1. The molecule has 0 radical (unpaired) electrons. The summed E-state index contributed by atoms with van der Waals surface area (Å²) in [6.45, 7) is 12.2. The van der Waals surface area contributed by atoms with Gasteiger partial charge in [-0.3, -0.25) is 14.2 Å². The SMILES string of the molecule is CCCN(CC)CCCOc1cc2c(=O)n(CC(=O)NC(C)C)c(-c3ccc(F)c(C(F)(F)F)c3)c(C)n2c1.Cl. The minimum Gasteiger partial charge on any atom is -0.492 e. The van der Waals surface area contributed by atoms with E-state index in [1.807, 2.05) is 0 Å². The van der Waals surface area contributed by atoms with Gasteiger partial charge in [-0.25, -0.2) is 4.39 Å². The molecule has 0 aliphatic heterocycles. The Bertz CT molecular complexity index is 1370. The van der Waals surface area contributed by atoms with Crippen molar-refractivity contribution in [2.24, 2.45) is 0 Å². The molecule has 1 amide bonds. The lowest BCUT2D eigenvalue weighted by Crippen LogP contribution is -2.37. The van der Waals surface area contributed by atoms with Crippen LogP contribution in [0.4, 0.5) is 17.6 Å². The van der Waals surface area contributed by atoms with Crippen molar-refractivity contribution < 1.29 is 27.1 Å². The minimum absolute atomic E-state index is 0. The van der Waals surface area contributed by atoms with Gasteiger partial charge < -0.3 is 19.4 Å². The summed E-state index contributed by atoms with van der Waals surface area (Å²) in [4.78, 5) is 28.6. The lowest BCUT2D eigenvalue weighted by atomic mass is 10.0. The molecule has 0 unspecified atom stereocenters. The molecule has 0 fully saturated rings. The van der Waals surface area contributed by atoms with Crippen LogP contribution in [0.1, 0.15) is 51.8 Å². The molecular formula is C28H37ClF4N4O3. The maximum atomic E-state index is 14.1. The van der Waals surface area contributed by atoms with E-state index in [4.69, 9.17) is 4.74 Å². The molecule has 3 aromatic rings. The van der Waals surface area contributed by atoms with E-state index in [2.05, 4.69) is 24.1 Å². The highest BCUT2D eigenvalue weighted by atomic mass is 35.5. The first-order valence-electron chi connectivity index (χ1n) is 13.1. The van der Waals surface area contributed by atoms with Gasteiger partial charge in [0.1, 0.15) is 23.6 Å². The number of carbonyl (C=O) groups excluding carboxylic acids is 1. The lowest BCUT2D eigenvalue weighted by molar-refractivity contribution is -0.140.